The number of nitro benzene ring substituents is 1. The van der Waals surface area contributed by atoms with Crippen LogP contribution in [-0.2, 0) is 13.1 Å². The second kappa shape index (κ2) is 9.32. The molecule has 2 aromatic carbocycles. The SMILES string of the molecule is CCOc1ccc(C(=O)NCc2ccccc2C[NH+]2CCCC2)cc1[N+](=O)[O-]. The molecule has 7 heteroatoms. The molecule has 148 valence electrons. The first-order valence-electron chi connectivity index (χ1n) is 9.68. The smallest absolute Gasteiger partial charge is 0.311 e. The van der Waals surface area contributed by atoms with E-state index in [9.17, 15) is 14.9 Å². The van der Waals surface area contributed by atoms with E-state index in [1.54, 1.807) is 17.9 Å². The second-order valence-electron chi connectivity index (χ2n) is 6.96. The quantitative estimate of drug-likeness (QED) is 0.539. The van der Waals surface area contributed by atoms with Crippen LogP contribution in [0.25, 0.3) is 0 Å². The number of amides is 1. The summed E-state index contributed by atoms with van der Waals surface area (Å²) in [6.45, 7) is 5.81. The molecule has 1 heterocycles. The van der Waals surface area contributed by atoms with Crippen LogP contribution >= 0.6 is 0 Å². The van der Waals surface area contributed by atoms with Gasteiger partial charge >= 0.3 is 5.69 Å². The number of likely N-dealkylation sites (tertiary alicyclic amines) is 1. The standard InChI is InChI=1S/C21H25N3O4/c1-2-28-20-10-9-16(13-19(20)24(26)27)21(25)22-14-17-7-3-4-8-18(17)15-23-11-5-6-12-23/h3-4,7-10,13H,2,5-6,11-12,14-15H2,1H3,(H,22,25)/p+1. The van der Waals surface area contributed by atoms with Gasteiger partial charge in [0.1, 0.15) is 6.54 Å². The summed E-state index contributed by atoms with van der Waals surface area (Å²) in [7, 11) is 0. The molecular weight excluding hydrogens is 358 g/mol. The normalized spacial score (nSPS) is 14.0. The molecule has 0 atom stereocenters. The number of hydrogen-bond acceptors (Lipinski definition) is 4. The van der Waals surface area contributed by atoms with Crippen LogP contribution in [0.15, 0.2) is 42.5 Å². The maximum atomic E-state index is 12.5. The first-order chi connectivity index (χ1) is 13.6. The van der Waals surface area contributed by atoms with Crippen LogP contribution < -0.4 is 15.0 Å². The summed E-state index contributed by atoms with van der Waals surface area (Å²) in [6, 6.07) is 12.4. The molecule has 0 unspecified atom stereocenters. The predicted octanol–water partition coefficient (Wildman–Crippen LogP) is 2.10. The summed E-state index contributed by atoms with van der Waals surface area (Å²) >= 11 is 0. The number of rotatable bonds is 8. The van der Waals surface area contributed by atoms with Gasteiger partial charge in [-0.05, 0) is 24.6 Å². The molecule has 2 N–H and O–H groups in total. The molecule has 0 bridgehead atoms. The Labute approximate surface area is 164 Å². The van der Waals surface area contributed by atoms with E-state index in [1.807, 2.05) is 18.2 Å². The number of hydrogen-bond donors (Lipinski definition) is 2. The van der Waals surface area contributed by atoms with E-state index in [1.165, 1.54) is 43.6 Å². The molecule has 3 rings (SSSR count). The summed E-state index contributed by atoms with van der Waals surface area (Å²) in [4.78, 5) is 24.8. The number of benzene rings is 2. The molecule has 0 radical (unpaired) electrons. The number of ether oxygens (including phenoxy) is 1. The van der Waals surface area contributed by atoms with Gasteiger partial charge in [0.25, 0.3) is 5.91 Å². The maximum absolute atomic E-state index is 12.5. The van der Waals surface area contributed by atoms with Crippen LogP contribution in [0, 0.1) is 10.1 Å². The van der Waals surface area contributed by atoms with E-state index < -0.39 is 4.92 Å². The number of quaternary nitrogens is 1. The van der Waals surface area contributed by atoms with Crippen molar-refractivity contribution in [1.29, 1.82) is 0 Å². The molecule has 0 aliphatic carbocycles. The summed E-state index contributed by atoms with van der Waals surface area (Å²) in [6.07, 6.45) is 2.54. The Balaban J connectivity index is 1.69. The number of nitrogens with one attached hydrogen (secondary N) is 2. The van der Waals surface area contributed by atoms with Gasteiger partial charge < -0.3 is 15.0 Å². The van der Waals surface area contributed by atoms with Crippen molar-refractivity contribution in [1.82, 2.24) is 5.32 Å². The largest absolute Gasteiger partial charge is 0.487 e. The number of carbonyl (C=O) groups excluding carboxylic acids is 1. The summed E-state index contributed by atoms with van der Waals surface area (Å²) < 4.78 is 5.27. The van der Waals surface area contributed by atoms with Crippen LogP contribution in [0.3, 0.4) is 0 Å². The zero-order valence-corrected chi connectivity index (χ0v) is 16.1. The van der Waals surface area contributed by atoms with E-state index in [-0.39, 0.29) is 22.9 Å². The van der Waals surface area contributed by atoms with E-state index in [0.29, 0.717) is 13.2 Å². The fourth-order valence-corrected chi connectivity index (χ4v) is 3.58. The molecule has 1 aliphatic rings. The lowest BCUT2D eigenvalue weighted by atomic mass is 10.1. The fourth-order valence-electron chi connectivity index (χ4n) is 3.58. The molecular formula is C21H26N3O4+. The molecule has 1 aliphatic heterocycles. The van der Waals surface area contributed by atoms with Gasteiger partial charge in [-0.2, -0.15) is 0 Å². The van der Waals surface area contributed by atoms with Gasteiger partial charge in [0, 0.05) is 36.6 Å². The number of nitro groups is 1. The second-order valence-corrected chi connectivity index (χ2v) is 6.96. The Kier molecular flexibility index (Phi) is 6.60. The van der Waals surface area contributed by atoms with Crippen molar-refractivity contribution in [2.45, 2.75) is 32.9 Å². The summed E-state index contributed by atoms with van der Waals surface area (Å²) in [5.74, 6) is -0.169. The molecule has 0 saturated carbocycles. The minimum atomic E-state index is -0.532. The van der Waals surface area contributed by atoms with E-state index in [2.05, 4.69) is 11.4 Å². The number of carbonyl (C=O) groups is 1. The molecule has 7 nitrogen and oxygen atoms in total. The highest BCUT2D eigenvalue weighted by Gasteiger charge is 2.20. The average molecular weight is 384 g/mol. The van der Waals surface area contributed by atoms with Gasteiger partial charge in [-0.25, -0.2) is 0 Å². The van der Waals surface area contributed by atoms with E-state index >= 15 is 0 Å². The Morgan fingerprint density at radius 3 is 2.57 bits per heavy atom. The lowest BCUT2D eigenvalue weighted by Crippen LogP contribution is -3.08. The van der Waals surface area contributed by atoms with Crippen LogP contribution in [0.5, 0.6) is 5.75 Å². The Morgan fingerprint density at radius 2 is 1.89 bits per heavy atom. The number of nitrogens with zero attached hydrogens (tertiary/aromatic N) is 1. The summed E-state index contributed by atoms with van der Waals surface area (Å²) in [5.41, 5.74) is 2.36. The minimum Gasteiger partial charge on any atom is -0.487 e. The fraction of sp³-hybridized carbons (Fsp3) is 0.381. The average Bonchev–Trinajstić information content (AvgIpc) is 3.20. The Morgan fingerprint density at radius 1 is 1.18 bits per heavy atom. The monoisotopic (exact) mass is 384 g/mol. The maximum Gasteiger partial charge on any atom is 0.311 e. The van der Waals surface area contributed by atoms with E-state index in [0.717, 1.165) is 12.1 Å². The topological polar surface area (TPSA) is 85.9 Å². The zero-order chi connectivity index (χ0) is 19.9. The highest BCUT2D eigenvalue weighted by atomic mass is 16.6. The molecule has 0 spiro atoms. The predicted molar refractivity (Wildman–Crippen MR) is 106 cm³/mol. The van der Waals surface area contributed by atoms with Gasteiger partial charge in [-0.1, -0.05) is 24.3 Å². The van der Waals surface area contributed by atoms with Crippen molar-refractivity contribution < 1.29 is 19.4 Å². The minimum absolute atomic E-state index is 0.169. The van der Waals surface area contributed by atoms with Gasteiger partial charge in [0.2, 0.25) is 0 Å². The lowest BCUT2D eigenvalue weighted by molar-refractivity contribution is -0.901. The first kappa shape index (κ1) is 19.8. The van der Waals surface area contributed by atoms with Crippen molar-refractivity contribution in [3.63, 3.8) is 0 Å². The third-order valence-electron chi connectivity index (χ3n) is 5.03. The molecule has 28 heavy (non-hydrogen) atoms. The van der Waals surface area contributed by atoms with Crippen molar-refractivity contribution >= 4 is 11.6 Å². The Bertz CT molecular complexity index is 847. The third kappa shape index (κ3) is 4.86. The van der Waals surface area contributed by atoms with Crippen molar-refractivity contribution in [2.24, 2.45) is 0 Å². The van der Waals surface area contributed by atoms with Crippen molar-refractivity contribution in [3.8, 4) is 5.75 Å². The highest BCUT2D eigenvalue weighted by Crippen LogP contribution is 2.28. The van der Waals surface area contributed by atoms with Gasteiger partial charge in [-0.3, -0.25) is 14.9 Å². The first-order valence-corrected chi connectivity index (χ1v) is 9.68. The van der Waals surface area contributed by atoms with Crippen molar-refractivity contribution in [2.75, 3.05) is 19.7 Å². The molecule has 0 aromatic heterocycles. The highest BCUT2D eigenvalue weighted by molar-refractivity contribution is 5.95. The third-order valence-corrected chi connectivity index (χ3v) is 5.03. The van der Waals surface area contributed by atoms with Crippen LogP contribution in [0.1, 0.15) is 41.3 Å². The van der Waals surface area contributed by atoms with Crippen LogP contribution in [-0.4, -0.2) is 30.5 Å². The molecule has 1 saturated heterocycles. The van der Waals surface area contributed by atoms with Gasteiger partial charge in [0.05, 0.1) is 24.6 Å². The van der Waals surface area contributed by atoms with Crippen LogP contribution in [0.2, 0.25) is 0 Å². The molecule has 2 aromatic rings. The van der Waals surface area contributed by atoms with Crippen LogP contribution in [0.4, 0.5) is 5.69 Å². The van der Waals surface area contributed by atoms with Gasteiger partial charge in [-0.15, -0.1) is 0 Å². The van der Waals surface area contributed by atoms with Gasteiger partial charge in [0.15, 0.2) is 5.75 Å². The van der Waals surface area contributed by atoms with E-state index in [4.69, 9.17) is 4.74 Å². The molecule has 1 amide bonds. The Hall–Kier alpha value is -2.93. The lowest BCUT2D eigenvalue weighted by Gasteiger charge is -2.15. The summed E-state index contributed by atoms with van der Waals surface area (Å²) in [5, 5.41) is 14.1. The van der Waals surface area contributed by atoms with Crippen molar-refractivity contribution in [3.05, 3.63) is 69.3 Å². The molecule has 1 fully saturated rings. The zero-order valence-electron chi connectivity index (χ0n) is 16.1.